The predicted octanol–water partition coefficient (Wildman–Crippen LogP) is 3.56. The van der Waals surface area contributed by atoms with Gasteiger partial charge in [-0.3, -0.25) is 4.79 Å². The summed E-state index contributed by atoms with van der Waals surface area (Å²) in [5.74, 6) is -0.232. The molecule has 4 rings (SSSR count). The van der Waals surface area contributed by atoms with E-state index in [9.17, 15) is 13.2 Å². The van der Waals surface area contributed by atoms with Crippen LogP contribution in [0.25, 0.3) is 11.0 Å². The Morgan fingerprint density at radius 3 is 2.48 bits per heavy atom. The van der Waals surface area contributed by atoms with E-state index in [4.69, 9.17) is 9.15 Å². The number of furan rings is 1. The molecule has 1 saturated heterocycles. The quantitative estimate of drug-likeness (QED) is 0.653. The number of ether oxygens (including phenoxy) is 1. The Labute approximate surface area is 182 Å². The van der Waals surface area contributed by atoms with E-state index in [0.29, 0.717) is 32.0 Å². The number of carbonyl (C=O) groups excluding carboxylic acids is 1. The van der Waals surface area contributed by atoms with Crippen molar-refractivity contribution in [1.82, 2.24) is 4.31 Å². The zero-order valence-corrected chi connectivity index (χ0v) is 18.7. The van der Waals surface area contributed by atoms with Gasteiger partial charge in [-0.1, -0.05) is 6.07 Å². The van der Waals surface area contributed by atoms with E-state index in [0.717, 1.165) is 33.2 Å². The molecular weight excluding hydrogens is 416 g/mol. The Balaban J connectivity index is 1.55. The van der Waals surface area contributed by atoms with Gasteiger partial charge in [-0.05, 0) is 61.7 Å². The molecule has 1 aliphatic heterocycles. The molecule has 7 nitrogen and oxygen atoms in total. The number of nitrogens with zero attached hydrogens (tertiary/aromatic N) is 1. The van der Waals surface area contributed by atoms with E-state index >= 15 is 0 Å². The fraction of sp³-hybridized carbons (Fsp3) is 0.348. The first-order valence-corrected chi connectivity index (χ1v) is 11.7. The van der Waals surface area contributed by atoms with Crippen molar-refractivity contribution in [1.29, 1.82) is 0 Å². The van der Waals surface area contributed by atoms with Crippen LogP contribution in [-0.2, 0) is 26.0 Å². The molecule has 1 aromatic heterocycles. The molecule has 0 saturated carbocycles. The topological polar surface area (TPSA) is 88.8 Å². The number of benzene rings is 2. The summed E-state index contributed by atoms with van der Waals surface area (Å²) >= 11 is 0. The molecule has 1 aliphatic rings. The third-order valence-electron chi connectivity index (χ3n) is 5.71. The van der Waals surface area contributed by atoms with Crippen LogP contribution in [0.15, 0.2) is 45.9 Å². The SMILES string of the molecule is Cc1cc2occ(CC(=O)Nc3cc(S(=O)(=O)N4CCOCC4)ccc3C)c2cc1C. The first-order valence-electron chi connectivity index (χ1n) is 10.2. The van der Waals surface area contributed by atoms with Gasteiger partial charge >= 0.3 is 0 Å². The van der Waals surface area contributed by atoms with Gasteiger partial charge in [-0.2, -0.15) is 4.31 Å². The Kier molecular flexibility index (Phi) is 5.88. The maximum Gasteiger partial charge on any atom is 0.243 e. The van der Waals surface area contributed by atoms with E-state index in [1.165, 1.54) is 10.4 Å². The summed E-state index contributed by atoms with van der Waals surface area (Å²) in [5.41, 5.74) is 5.09. The van der Waals surface area contributed by atoms with Gasteiger partial charge in [0.25, 0.3) is 0 Å². The Bertz CT molecular complexity index is 1240. The predicted molar refractivity (Wildman–Crippen MR) is 119 cm³/mol. The fourth-order valence-corrected chi connectivity index (χ4v) is 5.11. The maximum absolute atomic E-state index is 12.9. The van der Waals surface area contributed by atoms with Gasteiger partial charge in [0.2, 0.25) is 15.9 Å². The van der Waals surface area contributed by atoms with Crippen LogP contribution in [-0.4, -0.2) is 44.9 Å². The second-order valence-electron chi connectivity index (χ2n) is 7.91. The molecule has 2 aromatic carbocycles. The molecule has 1 fully saturated rings. The number of hydrogen-bond donors (Lipinski definition) is 1. The molecule has 0 bridgehead atoms. The Morgan fingerprint density at radius 1 is 1.03 bits per heavy atom. The zero-order valence-electron chi connectivity index (χ0n) is 17.9. The number of amides is 1. The number of nitrogens with one attached hydrogen (secondary N) is 1. The average molecular weight is 443 g/mol. The van der Waals surface area contributed by atoms with Crippen molar-refractivity contribution in [3.05, 3.63) is 58.8 Å². The second-order valence-corrected chi connectivity index (χ2v) is 9.85. The molecule has 1 amide bonds. The number of morpholine rings is 1. The number of anilines is 1. The van der Waals surface area contributed by atoms with Crippen LogP contribution < -0.4 is 5.32 Å². The summed E-state index contributed by atoms with van der Waals surface area (Å²) in [6.45, 7) is 7.29. The van der Waals surface area contributed by atoms with Crippen molar-refractivity contribution in [2.45, 2.75) is 32.1 Å². The van der Waals surface area contributed by atoms with Gasteiger partial charge in [0.15, 0.2) is 0 Å². The van der Waals surface area contributed by atoms with E-state index in [1.807, 2.05) is 32.9 Å². The molecule has 164 valence electrons. The number of aryl methyl sites for hydroxylation is 3. The van der Waals surface area contributed by atoms with Crippen LogP contribution in [0.4, 0.5) is 5.69 Å². The van der Waals surface area contributed by atoms with Crippen LogP contribution in [0.2, 0.25) is 0 Å². The third-order valence-corrected chi connectivity index (χ3v) is 7.61. The Morgan fingerprint density at radius 2 is 1.74 bits per heavy atom. The monoisotopic (exact) mass is 442 g/mol. The molecule has 0 radical (unpaired) electrons. The molecule has 0 spiro atoms. The van der Waals surface area contributed by atoms with Gasteiger partial charge in [-0.15, -0.1) is 0 Å². The smallest absolute Gasteiger partial charge is 0.243 e. The summed E-state index contributed by atoms with van der Waals surface area (Å²) in [7, 11) is -3.64. The summed E-state index contributed by atoms with van der Waals surface area (Å²) < 4.78 is 38.2. The van der Waals surface area contributed by atoms with Gasteiger partial charge < -0.3 is 14.5 Å². The summed E-state index contributed by atoms with van der Waals surface area (Å²) in [6.07, 6.45) is 1.74. The highest BCUT2D eigenvalue weighted by molar-refractivity contribution is 7.89. The van der Waals surface area contributed by atoms with Gasteiger partial charge in [0, 0.05) is 29.7 Å². The lowest BCUT2D eigenvalue weighted by atomic mass is 10.0. The molecule has 1 N–H and O–H groups in total. The van der Waals surface area contributed by atoms with Crippen LogP contribution in [0.5, 0.6) is 0 Å². The lowest BCUT2D eigenvalue weighted by Crippen LogP contribution is -2.40. The van der Waals surface area contributed by atoms with Crippen molar-refractivity contribution < 1.29 is 22.4 Å². The van der Waals surface area contributed by atoms with Crippen LogP contribution in [0, 0.1) is 20.8 Å². The normalized spacial score (nSPS) is 15.3. The molecule has 2 heterocycles. The first kappa shape index (κ1) is 21.5. The van der Waals surface area contributed by atoms with Crippen molar-refractivity contribution in [2.75, 3.05) is 31.6 Å². The highest BCUT2D eigenvalue weighted by Gasteiger charge is 2.27. The maximum atomic E-state index is 12.9. The fourth-order valence-electron chi connectivity index (χ4n) is 3.67. The first-order chi connectivity index (χ1) is 14.8. The summed E-state index contributed by atoms with van der Waals surface area (Å²) in [5, 5.41) is 3.78. The number of hydrogen-bond acceptors (Lipinski definition) is 5. The van der Waals surface area contributed by atoms with Crippen molar-refractivity contribution >= 4 is 32.6 Å². The molecule has 31 heavy (non-hydrogen) atoms. The summed E-state index contributed by atoms with van der Waals surface area (Å²) in [4.78, 5) is 12.9. The Hall–Kier alpha value is -2.68. The highest BCUT2D eigenvalue weighted by atomic mass is 32.2. The van der Waals surface area contributed by atoms with Crippen molar-refractivity contribution in [3.8, 4) is 0 Å². The zero-order chi connectivity index (χ0) is 22.2. The van der Waals surface area contributed by atoms with Crippen molar-refractivity contribution in [2.24, 2.45) is 0 Å². The minimum Gasteiger partial charge on any atom is -0.464 e. The van der Waals surface area contributed by atoms with Crippen LogP contribution in [0.1, 0.15) is 22.3 Å². The number of sulfonamides is 1. The highest BCUT2D eigenvalue weighted by Crippen LogP contribution is 2.27. The number of carbonyl (C=O) groups is 1. The summed E-state index contributed by atoms with van der Waals surface area (Å²) in [6, 6.07) is 8.81. The lowest BCUT2D eigenvalue weighted by molar-refractivity contribution is -0.115. The average Bonchev–Trinajstić information content (AvgIpc) is 3.11. The number of fused-ring (bicyclic) bond motifs is 1. The van der Waals surface area contributed by atoms with Gasteiger partial charge in [0.1, 0.15) is 5.58 Å². The molecular formula is C23H26N2O5S. The standard InChI is InChI=1S/C23H26N2O5S/c1-15-4-5-19(31(27,28)25-6-8-29-9-7-25)13-21(15)24-23(26)12-18-14-30-22-11-17(3)16(2)10-20(18)22/h4-5,10-11,13-14H,6-9,12H2,1-3H3,(H,24,26). The molecule has 8 heteroatoms. The second kappa shape index (κ2) is 8.45. The number of rotatable bonds is 5. The van der Waals surface area contributed by atoms with Crippen LogP contribution >= 0.6 is 0 Å². The van der Waals surface area contributed by atoms with Crippen LogP contribution in [0.3, 0.4) is 0 Å². The van der Waals surface area contributed by atoms with Gasteiger partial charge in [-0.25, -0.2) is 8.42 Å². The van der Waals surface area contributed by atoms with E-state index in [1.54, 1.807) is 18.4 Å². The molecule has 0 aliphatic carbocycles. The van der Waals surface area contributed by atoms with Crippen molar-refractivity contribution in [3.63, 3.8) is 0 Å². The van der Waals surface area contributed by atoms with E-state index in [-0.39, 0.29) is 17.2 Å². The lowest BCUT2D eigenvalue weighted by Gasteiger charge is -2.26. The van der Waals surface area contributed by atoms with E-state index < -0.39 is 10.0 Å². The molecule has 0 unspecified atom stereocenters. The minimum absolute atomic E-state index is 0.134. The minimum atomic E-state index is -3.64. The molecule has 3 aromatic rings. The molecule has 0 atom stereocenters. The van der Waals surface area contributed by atoms with Gasteiger partial charge in [0.05, 0.1) is 30.8 Å². The van der Waals surface area contributed by atoms with E-state index in [2.05, 4.69) is 5.32 Å². The third kappa shape index (κ3) is 4.37. The largest absolute Gasteiger partial charge is 0.464 e.